The molecule has 0 saturated carbocycles. The zero-order chi connectivity index (χ0) is 12.4. The number of aliphatic carboxylic acids is 2. The van der Waals surface area contributed by atoms with Crippen molar-refractivity contribution in [2.75, 3.05) is 0 Å². The number of carbonyl (C=O) groups excluding carboxylic acids is 2. The van der Waals surface area contributed by atoms with Crippen LogP contribution in [0.2, 0.25) is 0 Å². The molecule has 0 aliphatic heterocycles. The van der Waals surface area contributed by atoms with Gasteiger partial charge >= 0.3 is 0 Å². The average molecular weight is 228 g/mol. The average Bonchev–Trinajstić information content (AvgIpc) is 1.82. The number of rotatable bonds is 1. The molecular formula is C5H8O8S-4. The lowest BCUT2D eigenvalue weighted by Gasteiger charge is -2.06. The van der Waals surface area contributed by atoms with Crippen LogP contribution < -0.4 is 10.2 Å². The molecule has 0 aromatic carbocycles. The maximum Gasteiger partial charge on any atom is 0.0411 e. The zero-order valence-electron chi connectivity index (χ0n) is 7.38. The van der Waals surface area contributed by atoms with Crippen molar-refractivity contribution < 1.29 is 37.3 Å². The lowest BCUT2D eigenvalue weighted by atomic mass is 10.5. The van der Waals surface area contributed by atoms with E-state index in [0.717, 1.165) is 6.92 Å². The van der Waals surface area contributed by atoms with Gasteiger partial charge in [0.25, 0.3) is 0 Å². The first-order valence-electron chi connectivity index (χ1n) is 3.04. The first-order valence-corrected chi connectivity index (χ1v) is 4.38. The summed E-state index contributed by atoms with van der Waals surface area (Å²) in [7, 11) is -5.17. The summed E-state index contributed by atoms with van der Waals surface area (Å²) in [5.41, 5.74) is 0. The maximum atomic E-state index is 9.26. The van der Waals surface area contributed by atoms with Gasteiger partial charge in [0.1, 0.15) is 0 Å². The molecule has 0 fully saturated rings. The maximum absolute atomic E-state index is 9.26. The third-order valence-electron chi connectivity index (χ3n) is 0.289. The molecule has 0 saturated heterocycles. The van der Waals surface area contributed by atoms with Gasteiger partial charge in [-0.3, -0.25) is 8.42 Å². The Hall–Kier alpha value is -1.19. The molecule has 0 aromatic heterocycles. The van der Waals surface area contributed by atoms with Crippen LogP contribution in [0.4, 0.5) is 0 Å². The van der Waals surface area contributed by atoms with E-state index >= 15 is 0 Å². The highest BCUT2D eigenvalue weighted by molar-refractivity contribution is 7.79. The van der Waals surface area contributed by atoms with E-state index in [-0.39, 0.29) is 6.42 Å². The van der Waals surface area contributed by atoms with E-state index in [1.54, 1.807) is 0 Å². The summed E-state index contributed by atoms with van der Waals surface area (Å²) in [6.45, 7) is 2.51. The van der Waals surface area contributed by atoms with Gasteiger partial charge in [0, 0.05) is 22.3 Å². The van der Waals surface area contributed by atoms with E-state index in [4.69, 9.17) is 27.4 Å². The second-order valence-corrected chi connectivity index (χ2v) is 2.44. The fourth-order valence-electron chi connectivity index (χ4n) is 0. The lowest BCUT2D eigenvalue weighted by molar-refractivity contribution is -0.305. The molecule has 0 radical (unpaired) electrons. The van der Waals surface area contributed by atoms with Crippen LogP contribution in [-0.2, 0) is 20.0 Å². The van der Waals surface area contributed by atoms with Crippen LogP contribution in [0.1, 0.15) is 20.3 Å². The van der Waals surface area contributed by atoms with Gasteiger partial charge in [-0.1, -0.05) is 6.92 Å². The fourth-order valence-corrected chi connectivity index (χ4v) is 0. The van der Waals surface area contributed by atoms with Crippen LogP contribution in [0.3, 0.4) is 0 Å². The van der Waals surface area contributed by atoms with E-state index in [1.165, 1.54) is 6.92 Å². The SMILES string of the molecule is CC(=O)[O-].CCC(=O)[O-].O=S(=O)([O-])[O-]. The molecule has 8 nitrogen and oxygen atoms in total. The van der Waals surface area contributed by atoms with E-state index in [1.807, 2.05) is 0 Å². The number of carbonyl (C=O) groups is 2. The summed E-state index contributed by atoms with van der Waals surface area (Å²) in [6, 6.07) is 0. The molecule has 0 spiro atoms. The molecule has 0 unspecified atom stereocenters. The van der Waals surface area contributed by atoms with Crippen molar-refractivity contribution in [2.24, 2.45) is 0 Å². The highest BCUT2D eigenvalue weighted by Gasteiger charge is 1.65. The molecule has 9 heteroatoms. The Bertz CT molecular complexity index is 241. The van der Waals surface area contributed by atoms with Gasteiger partial charge in [-0.05, 0) is 13.3 Å². The van der Waals surface area contributed by atoms with Crippen LogP contribution in [0.5, 0.6) is 0 Å². The Balaban J connectivity index is -0.000000131. The number of carboxylic acids is 2. The monoisotopic (exact) mass is 228 g/mol. The Morgan fingerprint density at radius 1 is 1.14 bits per heavy atom. The summed E-state index contributed by atoms with van der Waals surface area (Å²) in [4.78, 5) is 18.1. The molecule has 0 atom stereocenters. The molecule has 14 heavy (non-hydrogen) atoms. The molecule has 0 aliphatic carbocycles. The summed E-state index contributed by atoms with van der Waals surface area (Å²) in [5, 5.41) is 18.1. The number of hydrogen-bond donors (Lipinski definition) is 0. The summed E-state index contributed by atoms with van der Waals surface area (Å²) < 4.78 is 34.1. The first kappa shape index (κ1) is 18.6. The molecule has 86 valence electrons. The molecule has 0 aromatic rings. The normalized spacial score (nSPS) is 8.57. The zero-order valence-corrected chi connectivity index (χ0v) is 8.20. The minimum Gasteiger partial charge on any atom is -0.759 e. The predicted octanol–water partition coefficient (Wildman–Crippen LogP) is -3.44. The van der Waals surface area contributed by atoms with Crippen LogP contribution in [0.15, 0.2) is 0 Å². The Morgan fingerprint density at radius 2 is 1.21 bits per heavy atom. The molecule has 0 aliphatic rings. The van der Waals surface area contributed by atoms with Crippen LogP contribution in [0, 0.1) is 0 Å². The molecular weight excluding hydrogens is 220 g/mol. The third-order valence-corrected chi connectivity index (χ3v) is 0.289. The van der Waals surface area contributed by atoms with E-state index < -0.39 is 22.3 Å². The van der Waals surface area contributed by atoms with Crippen LogP contribution in [-0.4, -0.2) is 29.5 Å². The number of hydrogen-bond acceptors (Lipinski definition) is 8. The molecule has 0 heterocycles. The van der Waals surface area contributed by atoms with Gasteiger partial charge in [-0.25, -0.2) is 0 Å². The van der Waals surface area contributed by atoms with Crippen molar-refractivity contribution in [3.05, 3.63) is 0 Å². The van der Waals surface area contributed by atoms with Crippen LogP contribution in [0.25, 0.3) is 0 Å². The largest absolute Gasteiger partial charge is 0.759 e. The van der Waals surface area contributed by atoms with Crippen molar-refractivity contribution >= 4 is 22.3 Å². The minimum atomic E-state index is -5.17. The smallest absolute Gasteiger partial charge is 0.0411 e. The summed E-state index contributed by atoms with van der Waals surface area (Å²) in [5.74, 6) is -2.08. The lowest BCUT2D eigenvalue weighted by Crippen LogP contribution is -2.19. The van der Waals surface area contributed by atoms with E-state index in [2.05, 4.69) is 0 Å². The first-order chi connectivity index (χ1) is 6.00. The molecule has 0 rings (SSSR count). The molecule has 0 amide bonds. The Kier molecular flexibility index (Phi) is 13.1. The minimum absolute atomic E-state index is 0.111. The molecule has 0 bridgehead atoms. The van der Waals surface area contributed by atoms with Gasteiger partial charge in [-0.15, -0.1) is 0 Å². The highest BCUT2D eigenvalue weighted by Crippen LogP contribution is 1.62. The van der Waals surface area contributed by atoms with Crippen molar-refractivity contribution in [2.45, 2.75) is 20.3 Å². The topological polar surface area (TPSA) is 161 Å². The molecule has 0 N–H and O–H groups in total. The van der Waals surface area contributed by atoms with Crippen LogP contribution >= 0.6 is 0 Å². The fraction of sp³-hybridized carbons (Fsp3) is 0.600. The summed E-state index contributed by atoms with van der Waals surface area (Å²) in [6.07, 6.45) is 0.111. The third kappa shape index (κ3) is 1590. The van der Waals surface area contributed by atoms with E-state index in [0.29, 0.717) is 0 Å². The van der Waals surface area contributed by atoms with Gasteiger partial charge in [0.05, 0.1) is 0 Å². The number of carboxylic acid groups (broad SMARTS) is 2. The Labute approximate surface area is 80.8 Å². The van der Waals surface area contributed by atoms with Gasteiger partial charge in [-0.2, -0.15) is 0 Å². The van der Waals surface area contributed by atoms with Gasteiger partial charge in [0.15, 0.2) is 0 Å². The van der Waals surface area contributed by atoms with E-state index in [9.17, 15) is 9.90 Å². The van der Waals surface area contributed by atoms with Crippen molar-refractivity contribution in [3.63, 3.8) is 0 Å². The van der Waals surface area contributed by atoms with Gasteiger partial charge < -0.3 is 28.9 Å². The van der Waals surface area contributed by atoms with Crippen molar-refractivity contribution in [1.82, 2.24) is 0 Å². The quantitative estimate of drug-likeness (QED) is 0.330. The van der Waals surface area contributed by atoms with Crippen molar-refractivity contribution in [3.8, 4) is 0 Å². The predicted molar refractivity (Wildman–Crippen MR) is 36.5 cm³/mol. The second kappa shape index (κ2) is 9.89. The second-order valence-electron chi connectivity index (χ2n) is 1.63. The summed E-state index contributed by atoms with van der Waals surface area (Å²) >= 11 is 0. The van der Waals surface area contributed by atoms with Crippen molar-refractivity contribution in [1.29, 1.82) is 0 Å². The standard InChI is InChI=1S/C3H6O2.C2H4O2.H2O4S/c1-2-3(4)5;1-2(3)4;1-5(2,3)4/h2H2,1H3,(H,4,5);1H3,(H,3,4);(H2,1,2,3,4)/p-4. The van der Waals surface area contributed by atoms with Gasteiger partial charge in [0.2, 0.25) is 0 Å². The Morgan fingerprint density at radius 3 is 1.21 bits per heavy atom. The highest BCUT2D eigenvalue weighted by atomic mass is 32.3.